The molecular weight excluding hydrogens is 434 g/mol. The second-order valence-electron chi connectivity index (χ2n) is 8.07. The van der Waals surface area contributed by atoms with Gasteiger partial charge < -0.3 is 15.7 Å². The predicted molar refractivity (Wildman–Crippen MR) is 120 cm³/mol. The summed E-state index contributed by atoms with van der Waals surface area (Å²) in [6.45, 7) is 3.72. The fourth-order valence-corrected chi connectivity index (χ4v) is 4.98. The van der Waals surface area contributed by atoms with Crippen LogP contribution in [0.5, 0.6) is 5.75 Å². The lowest BCUT2D eigenvalue weighted by molar-refractivity contribution is 0.0989. The molecule has 168 valence electrons. The van der Waals surface area contributed by atoms with Crippen LogP contribution in [0.1, 0.15) is 35.8 Å². The number of ketones is 1. The van der Waals surface area contributed by atoms with Crippen molar-refractivity contribution in [3.8, 4) is 16.3 Å². The molecule has 2 atom stereocenters. The molecule has 0 saturated carbocycles. The van der Waals surface area contributed by atoms with Crippen LogP contribution in [0, 0.1) is 17.6 Å². The van der Waals surface area contributed by atoms with Crippen molar-refractivity contribution in [2.45, 2.75) is 32.2 Å². The Morgan fingerprint density at radius 3 is 2.91 bits per heavy atom. The zero-order chi connectivity index (χ0) is 22.8. The molecular formula is C23H24F2N4O2S. The Morgan fingerprint density at radius 2 is 2.12 bits per heavy atom. The monoisotopic (exact) mass is 458 g/mol. The fraction of sp³-hybridized carbons (Fsp3) is 0.348. The average Bonchev–Trinajstić information content (AvgIpc) is 3.26. The van der Waals surface area contributed by atoms with E-state index in [4.69, 9.17) is 5.73 Å². The normalized spacial score (nSPS) is 18.7. The maximum atomic E-state index is 14.2. The van der Waals surface area contributed by atoms with Gasteiger partial charge in [-0.15, -0.1) is 11.3 Å². The number of thiazole rings is 1. The van der Waals surface area contributed by atoms with Crippen molar-refractivity contribution in [2.24, 2.45) is 11.7 Å². The second kappa shape index (κ2) is 9.30. The summed E-state index contributed by atoms with van der Waals surface area (Å²) in [5.41, 5.74) is 7.60. The smallest absolute Gasteiger partial charge is 0.186 e. The van der Waals surface area contributed by atoms with Gasteiger partial charge in [0.1, 0.15) is 16.5 Å². The first-order chi connectivity index (χ1) is 15.4. The highest BCUT2D eigenvalue weighted by atomic mass is 32.1. The van der Waals surface area contributed by atoms with Gasteiger partial charge in [-0.05, 0) is 30.5 Å². The highest BCUT2D eigenvalue weighted by molar-refractivity contribution is 7.13. The van der Waals surface area contributed by atoms with Gasteiger partial charge >= 0.3 is 0 Å². The molecule has 0 amide bonds. The number of nitrogens with zero attached hydrogens (tertiary/aromatic N) is 3. The Balaban J connectivity index is 1.57. The third kappa shape index (κ3) is 4.49. The predicted octanol–water partition coefficient (Wildman–Crippen LogP) is 4.18. The van der Waals surface area contributed by atoms with Gasteiger partial charge in [-0.3, -0.25) is 9.78 Å². The number of carbonyl (C=O) groups is 1. The molecule has 1 aromatic carbocycles. The first-order valence-electron chi connectivity index (χ1n) is 10.5. The summed E-state index contributed by atoms with van der Waals surface area (Å²) in [6, 6.07) is 3.86. The molecule has 6 nitrogen and oxygen atoms in total. The summed E-state index contributed by atoms with van der Waals surface area (Å²) in [5, 5.41) is 11.0. The van der Waals surface area contributed by atoms with Crippen LogP contribution < -0.4 is 10.6 Å². The van der Waals surface area contributed by atoms with Crippen LogP contribution in [0.4, 0.5) is 14.5 Å². The molecule has 0 radical (unpaired) electrons. The van der Waals surface area contributed by atoms with E-state index in [0.717, 1.165) is 54.1 Å². The van der Waals surface area contributed by atoms with Crippen molar-refractivity contribution in [3.63, 3.8) is 0 Å². The Hall–Kier alpha value is -2.91. The lowest BCUT2D eigenvalue weighted by atomic mass is 9.91. The van der Waals surface area contributed by atoms with Gasteiger partial charge in [0.25, 0.3) is 0 Å². The van der Waals surface area contributed by atoms with E-state index in [1.165, 1.54) is 5.38 Å². The minimum Gasteiger partial charge on any atom is -0.505 e. The minimum atomic E-state index is -1.10. The van der Waals surface area contributed by atoms with Crippen molar-refractivity contribution in [3.05, 3.63) is 58.9 Å². The van der Waals surface area contributed by atoms with E-state index in [2.05, 4.69) is 21.8 Å². The number of carbonyl (C=O) groups excluding carboxylic acids is 1. The maximum Gasteiger partial charge on any atom is 0.186 e. The Labute approximate surface area is 188 Å². The number of Topliss-reactive ketones (excluding diaryl/α,β-unsaturated/α-hetero) is 1. The molecule has 3 N–H and O–H groups in total. The molecule has 3 aromatic rings. The summed E-state index contributed by atoms with van der Waals surface area (Å²) in [6.07, 6.45) is 5.43. The SMILES string of the molecule is CC[C@@H]1C[C@H](N)CN(c2ccncc2CC(=O)c2csc(-c3c(F)ccc(O)c3F)n2)C1. The van der Waals surface area contributed by atoms with Gasteiger partial charge in [-0.25, -0.2) is 13.8 Å². The number of benzene rings is 1. The Bertz CT molecular complexity index is 1140. The number of phenols is 1. The van der Waals surface area contributed by atoms with Crippen molar-refractivity contribution in [2.75, 3.05) is 18.0 Å². The topological polar surface area (TPSA) is 92.3 Å². The molecule has 0 bridgehead atoms. The van der Waals surface area contributed by atoms with Crippen LogP contribution in [-0.4, -0.2) is 40.0 Å². The summed E-state index contributed by atoms with van der Waals surface area (Å²) in [7, 11) is 0. The molecule has 0 unspecified atom stereocenters. The maximum absolute atomic E-state index is 14.2. The molecule has 1 fully saturated rings. The van der Waals surface area contributed by atoms with E-state index in [9.17, 15) is 18.7 Å². The van der Waals surface area contributed by atoms with E-state index >= 15 is 0 Å². The van der Waals surface area contributed by atoms with E-state index < -0.39 is 22.9 Å². The zero-order valence-corrected chi connectivity index (χ0v) is 18.4. The van der Waals surface area contributed by atoms with Crippen molar-refractivity contribution in [1.29, 1.82) is 0 Å². The van der Waals surface area contributed by atoms with Crippen LogP contribution in [0.3, 0.4) is 0 Å². The standard InChI is InChI=1S/C23H24F2N4O2S/c1-2-13-7-15(26)11-29(10-13)18-5-6-27-9-14(18)8-20(31)17-12-32-23(28-17)21-16(24)3-4-19(30)22(21)25/h3-6,9,12-13,15,30H,2,7-8,10-11,26H2,1H3/t13-,15+/m1/s1. The van der Waals surface area contributed by atoms with Gasteiger partial charge in [0.05, 0.1) is 5.56 Å². The molecule has 9 heteroatoms. The van der Waals surface area contributed by atoms with Crippen LogP contribution in [0.15, 0.2) is 36.0 Å². The van der Waals surface area contributed by atoms with Gasteiger partial charge in [0.15, 0.2) is 17.3 Å². The number of aromatic nitrogens is 2. The third-order valence-electron chi connectivity index (χ3n) is 5.79. The highest BCUT2D eigenvalue weighted by Crippen LogP contribution is 2.34. The number of hydrogen-bond donors (Lipinski definition) is 2. The number of rotatable bonds is 6. The molecule has 32 heavy (non-hydrogen) atoms. The second-order valence-corrected chi connectivity index (χ2v) is 8.93. The number of phenolic OH excluding ortho intramolecular Hbond substituents is 1. The lowest BCUT2D eigenvalue weighted by Gasteiger charge is -2.38. The van der Waals surface area contributed by atoms with Crippen molar-refractivity contribution < 1.29 is 18.7 Å². The first kappa shape index (κ1) is 22.3. The molecule has 1 saturated heterocycles. The number of nitrogens with two attached hydrogens (primary N) is 1. The summed E-state index contributed by atoms with van der Waals surface area (Å²) >= 11 is 0.949. The Morgan fingerprint density at radius 1 is 1.31 bits per heavy atom. The molecule has 1 aliphatic heterocycles. The largest absolute Gasteiger partial charge is 0.505 e. The van der Waals surface area contributed by atoms with E-state index in [-0.39, 0.29) is 28.9 Å². The zero-order valence-electron chi connectivity index (χ0n) is 17.6. The first-order valence-corrected chi connectivity index (χ1v) is 11.3. The number of halogens is 2. The van der Waals surface area contributed by atoms with Crippen molar-refractivity contribution in [1.82, 2.24) is 9.97 Å². The van der Waals surface area contributed by atoms with Gasteiger partial charge in [-0.1, -0.05) is 13.3 Å². The van der Waals surface area contributed by atoms with E-state index in [1.807, 2.05) is 6.07 Å². The quantitative estimate of drug-likeness (QED) is 0.539. The molecule has 1 aliphatic rings. The number of hydrogen-bond acceptors (Lipinski definition) is 7. The minimum absolute atomic E-state index is 0.00143. The molecule has 0 aliphatic carbocycles. The summed E-state index contributed by atoms with van der Waals surface area (Å²) in [5.74, 6) is -2.41. The average molecular weight is 459 g/mol. The molecule has 3 heterocycles. The molecule has 2 aromatic heterocycles. The lowest BCUT2D eigenvalue weighted by Crippen LogP contribution is -2.47. The molecule has 4 rings (SSSR count). The summed E-state index contributed by atoms with van der Waals surface area (Å²) in [4.78, 5) is 23.5. The van der Waals surface area contributed by atoms with Crippen LogP contribution >= 0.6 is 11.3 Å². The van der Waals surface area contributed by atoms with Gasteiger partial charge in [-0.2, -0.15) is 0 Å². The fourth-order valence-electron chi connectivity index (χ4n) is 4.12. The van der Waals surface area contributed by atoms with Gasteiger partial charge in [0, 0.05) is 54.6 Å². The van der Waals surface area contributed by atoms with E-state index in [0.29, 0.717) is 12.5 Å². The van der Waals surface area contributed by atoms with Gasteiger partial charge in [0.2, 0.25) is 0 Å². The highest BCUT2D eigenvalue weighted by Gasteiger charge is 2.26. The Kier molecular flexibility index (Phi) is 6.48. The van der Waals surface area contributed by atoms with Crippen molar-refractivity contribution >= 4 is 22.8 Å². The van der Waals surface area contributed by atoms with Crippen LogP contribution in [0.2, 0.25) is 0 Å². The number of pyridine rings is 1. The number of aromatic hydroxyl groups is 1. The number of piperidine rings is 1. The number of anilines is 1. The van der Waals surface area contributed by atoms with Crippen LogP contribution in [0.25, 0.3) is 10.6 Å². The summed E-state index contributed by atoms with van der Waals surface area (Å²) < 4.78 is 28.4. The van der Waals surface area contributed by atoms with E-state index in [1.54, 1.807) is 12.4 Å². The van der Waals surface area contributed by atoms with Crippen LogP contribution in [-0.2, 0) is 6.42 Å². The third-order valence-corrected chi connectivity index (χ3v) is 6.65. The molecule has 0 spiro atoms.